The topological polar surface area (TPSA) is 92.4 Å². The molecular weight excluding hydrogens is 289 g/mol. The second-order valence-corrected chi connectivity index (χ2v) is 4.07. The van der Waals surface area contributed by atoms with Crippen molar-refractivity contribution in [3.63, 3.8) is 0 Å². The Hall–Kier alpha value is -2.69. The zero-order valence-corrected chi connectivity index (χ0v) is 10.6. The van der Waals surface area contributed by atoms with Gasteiger partial charge in [-0.05, 0) is 18.2 Å². The van der Waals surface area contributed by atoms with Crippen LogP contribution in [0.5, 0.6) is 0 Å². The van der Waals surface area contributed by atoms with E-state index in [1.807, 2.05) is 0 Å². The third-order valence-electron chi connectivity index (χ3n) is 2.55. The monoisotopic (exact) mass is 300 g/mol. The van der Waals surface area contributed by atoms with Crippen LogP contribution in [0.15, 0.2) is 18.2 Å². The van der Waals surface area contributed by atoms with Gasteiger partial charge in [-0.1, -0.05) is 0 Å². The number of hydrogen-bond acceptors (Lipinski definition) is 3. The number of halogens is 3. The summed E-state index contributed by atoms with van der Waals surface area (Å²) in [6.45, 7) is 0. The molecule has 1 unspecified atom stereocenters. The van der Waals surface area contributed by atoms with Crippen LogP contribution in [0.4, 0.5) is 18.9 Å². The molecule has 0 spiro atoms. The SMILES string of the molecule is C#CCC(Nc1ccc(C(N)=O)c(C(F)(F)F)c1)C(=O)O. The minimum absolute atomic E-state index is 0.130. The van der Waals surface area contributed by atoms with E-state index in [0.717, 1.165) is 12.1 Å². The van der Waals surface area contributed by atoms with Crippen LogP contribution in [-0.4, -0.2) is 23.0 Å². The summed E-state index contributed by atoms with van der Waals surface area (Å²) in [7, 11) is 0. The number of carboxylic acid groups (broad SMARTS) is 1. The van der Waals surface area contributed by atoms with E-state index in [-0.39, 0.29) is 12.1 Å². The molecule has 8 heteroatoms. The zero-order chi connectivity index (χ0) is 16.2. The van der Waals surface area contributed by atoms with Crippen LogP contribution in [0.2, 0.25) is 0 Å². The summed E-state index contributed by atoms with van der Waals surface area (Å²) in [5.74, 6) is -0.430. The fourth-order valence-electron chi connectivity index (χ4n) is 1.60. The zero-order valence-electron chi connectivity index (χ0n) is 10.6. The van der Waals surface area contributed by atoms with Gasteiger partial charge in [0.1, 0.15) is 6.04 Å². The number of amides is 1. The Morgan fingerprint density at radius 1 is 1.43 bits per heavy atom. The maximum atomic E-state index is 12.8. The minimum atomic E-state index is -4.80. The van der Waals surface area contributed by atoms with Gasteiger partial charge in [0.25, 0.3) is 0 Å². The summed E-state index contributed by atoms with van der Waals surface area (Å²) in [6.07, 6.45) is -0.0234. The van der Waals surface area contributed by atoms with E-state index in [1.54, 1.807) is 0 Å². The summed E-state index contributed by atoms with van der Waals surface area (Å²) in [5.41, 5.74) is 2.81. The number of aliphatic carboxylic acids is 1. The summed E-state index contributed by atoms with van der Waals surface area (Å²) >= 11 is 0. The number of anilines is 1. The lowest BCUT2D eigenvalue weighted by atomic mass is 10.0. The average molecular weight is 300 g/mol. The highest BCUT2D eigenvalue weighted by Crippen LogP contribution is 2.33. The van der Waals surface area contributed by atoms with Crippen LogP contribution in [-0.2, 0) is 11.0 Å². The Morgan fingerprint density at radius 3 is 2.48 bits per heavy atom. The van der Waals surface area contributed by atoms with Gasteiger partial charge in [-0.25, -0.2) is 4.79 Å². The van der Waals surface area contributed by atoms with Crippen LogP contribution < -0.4 is 11.1 Å². The highest BCUT2D eigenvalue weighted by Gasteiger charge is 2.35. The molecule has 4 N–H and O–H groups in total. The molecule has 0 radical (unpaired) electrons. The quantitative estimate of drug-likeness (QED) is 0.722. The average Bonchev–Trinajstić information content (AvgIpc) is 2.36. The number of primary amides is 1. The molecule has 0 bridgehead atoms. The normalized spacial score (nSPS) is 12.3. The number of hydrogen-bond donors (Lipinski definition) is 3. The highest BCUT2D eigenvalue weighted by atomic mass is 19.4. The van der Waals surface area contributed by atoms with E-state index in [9.17, 15) is 22.8 Å². The summed E-state index contributed by atoms with van der Waals surface area (Å²) in [5, 5.41) is 11.2. The summed E-state index contributed by atoms with van der Waals surface area (Å²) in [6, 6.07) is 1.38. The molecule has 0 aromatic heterocycles. The smallest absolute Gasteiger partial charge is 0.417 e. The van der Waals surface area contributed by atoms with Gasteiger partial charge in [0.05, 0.1) is 11.1 Å². The van der Waals surface area contributed by atoms with Crippen molar-refractivity contribution in [2.75, 3.05) is 5.32 Å². The van der Waals surface area contributed by atoms with Gasteiger partial charge >= 0.3 is 12.1 Å². The molecule has 0 aliphatic heterocycles. The number of carbonyl (C=O) groups is 2. The molecule has 21 heavy (non-hydrogen) atoms. The maximum absolute atomic E-state index is 12.8. The number of benzene rings is 1. The fraction of sp³-hybridized carbons (Fsp3) is 0.231. The van der Waals surface area contributed by atoms with Gasteiger partial charge in [0.15, 0.2) is 0 Å². The Bertz CT molecular complexity index is 606. The number of terminal acetylenes is 1. The Morgan fingerprint density at radius 2 is 2.05 bits per heavy atom. The van der Waals surface area contributed by atoms with E-state index in [0.29, 0.717) is 6.07 Å². The molecular formula is C13H11F3N2O3. The molecule has 1 rings (SSSR count). The van der Waals surface area contributed by atoms with Crippen LogP contribution in [0.3, 0.4) is 0 Å². The number of alkyl halides is 3. The molecule has 0 saturated heterocycles. The van der Waals surface area contributed by atoms with Gasteiger partial charge in [0.2, 0.25) is 5.91 Å². The number of nitrogens with two attached hydrogens (primary N) is 1. The van der Waals surface area contributed by atoms with E-state index < -0.39 is 35.2 Å². The first kappa shape index (κ1) is 16.4. The third-order valence-corrected chi connectivity index (χ3v) is 2.55. The van der Waals surface area contributed by atoms with Gasteiger partial charge in [0, 0.05) is 12.1 Å². The van der Waals surface area contributed by atoms with Crippen molar-refractivity contribution in [1.82, 2.24) is 0 Å². The number of rotatable bonds is 5. The summed E-state index contributed by atoms with van der Waals surface area (Å²) < 4.78 is 38.5. The number of carbonyl (C=O) groups excluding carboxylic acids is 1. The largest absolute Gasteiger partial charge is 0.480 e. The first-order chi connectivity index (χ1) is 9.66. The number of carboxylic acids is 1. The molecule has 1 atom stereocenters. The van der Waals surface area contributed by atoms with Crippen LogP contribution in [0.1, 0.15) is 22.3 Å². The van der Waals surface area contributed by atoms with Crippen LogP contribution in [0, 0.1) is 12.3 Å². The molecule has 1 aromatic carbocycles. The van der Waals surface area contributed by atoms with E-state index in [2.05, 4.69) is 11.2 Å². The first-order valence-corrected chi connectivity index (χ1v) is 5.60. The first-order valence-electron chi connectivity index (χ1n) is 5.60. The van der Waals surface area contributed by atoms with Crippen molar-refractivity contribution in [2.24, 2.45) is 5.73 Å². The standard InChI is InChI=1S/C13H11F3N2O3/c1-2-3-10(12(20)21)18-7-4-5-8(11(17)19)9(6-7)13(14,15)16/h1,4-6,10,18H,3H2,(H2,17,19)(H,20,21). The second-order valence-electron chi connectivity index (χ2n) is 4.07. The lowest BCUT2D eigenvalue weighted by Crippen LogP contribution is -2.29. The molecule has 0 aliphatic rings. The van der Waals surface area contributed by atoms with E-state index in [1.165, 1.54) is 0 Å². The van der Waals surface area contributed by atoms with Crippen molar-refractivity contribution >= 4 is 17.6 Å². The van der Waals surface area contributed by atoms with Gasteiger partial charge in [-0.15, -0.1) is 12.3 Å². The third kappa shape index (κ3) is 4.14. The minimum Gasteiger partial charge on any atom is -0.480 e. The predicted molar refractivity (Wildman–Crippen MR) is 68.5 cm³/mol. The van der Waals surface area contributed by atoms with Crippen LogP contribution in [0.25, 0.3) is 0 Å². The van der Waals surface area contributed by atoms with Crippen LogP contribution >= 0.6 is 0 Å². The van der Waals surface area contributed by atoms with Crippen molar-refractivity contribution in [2.45, 2.75) is 18.6 Å². The van der Waals surface area contributed by atoms with Crippen molar-refractivity contribution in [1.29, 1.82) is 0 Å². The molecule has 0 aliphatic carbocycles. The maximum Gasteiger partial charge on any atom is 0.417 e. The highest BCUT2D eigenvalue weighted by molar-refractivity contribution is 5.95. The molecule has 1 amide bonds. The van der Waals surface area contributed by atoms with Gasteiger partial charge in [-0.2, -0.15) is 13.2 Å². The van der Waals surface area contributed by atoms with Crippen molar-refractivity contribution in [3.05, 3.63) is 29.3 Å². The van der Waals surface area contributed by atoms with E-state index >= 15 is 0 Å². The number of nitrogens with one attached hydrogen (secondary N) is 1. The lowest BCUT2D eigenvalue weighted by molar-refractivity contribution is -0.138. The van der Waals surface area contributed by atoms with E-state index in [4.69, 9.17) is 17.3 Å². The molecule has 1 aromatic rings. The Kier molecular flexibility index (Phi) is 4.81. The lowest BCUT2D eigenvalue weighted by Gasteiger charge is -2.16. The fourth-order valence-corrected chi connectivity index (χ4v) is 1.60. The van der Waals surface area contributed by atoms with Crippen molar-refractivity contribution < 1.29 is 27.9 Å². The second kappa shape index (κ2) is 6.17. The predicted octanol–water partition coefficient (Wildman–Crippen LogP) is 1.69. The van der Waals surface area contributed by atoms with Gasteiger partial charge < -0.3 is 16.2 Å². The molecule has 5 nitrogen and oxygen atoms in total. The Labute approximate surface area is 117 Å². The van der Waals surface area contributed by atoms with Crippen molar-refractivity contribution in [3.8, 4) is 12.3 Å². The molecule has 0 saturated carbocycles. The molecule has 0 fully saturated rings. The molecule has 112 valence electrons. The Balaban J connectivity index is 3.20. The van der Waals surface area contributed by atoms with Gasteiger partial charge in [-0.3, -0.25) is 4.79 Å². The molecule has 0 heterocycles. The summed E-state index contributed by atoms with van der Waals surface area (Å²) in [4.78, 5) is 21.9.